The van der Waals surface area contributed by atoms with Crippen LogP contribution in [0, 0.1) is 0 Å². The largest absolute Gasteiger partial charge is 0.347 e. The molecule has 0 unspecified atom stereocenters. The fraction of sp³-hybridized carbons (Fsp3) is 0.556. The van der Waals surface area contributed by atoms with Crippen molar-refractivity contribution in [3.63, 3.8) is 0 Å². The fourth-order valence-corrected chi connectivity index (χ4v) is 3.25. The molecule has 1 N–H and O–H groups in total. The highest BCUT2D eigenvalue weighted by Gasteiger charge is 2.25. The van der Waals surface area contributed by atoms with E-state index < -0.39 is 0 Å². The summed E-state index contributed by atoms with van der Waals surface area (Å²) in [5.74, 6) is -0.0781. The van der Waals surface area contributed by atoms with Gasteiger partial charge in [0.1, 0.15) is 5.56 Å². The van der Waals surface area contributed by atoms with Gasteiger partial charge >= 0.3 is 0 Å². The van der Waals surface area contributed by atoms with Gasteiger partial charge in [0.15, 0.2) is 5.65 Å². The Kier molecular flexibility index (Phi) is 5.51. The fourth-order valence-electron chi connectivity index (χ4n) is 3.25. The number of carbonyl (C=O) groups excluding carboxylic acids is 2. The molecule has 140 valence electrons. The standard InChI is InChI=1S/C18H26N6O2/c1-4-23(5-2)10-13-8-19-17-15(9-20-24(17)11-13)18(26)21-14-6-7-16(25)22(3)12-14/h8-9,11,14H,4-7,10,12H2,1-3H3,(H,21,26)/t14-/m0/s1. The predicted octanol–water partition coefficient (Wildman–Crippen LogP) is 0.922. The number of likely N-dealkylation sites (N-methyl/N-ethyl adjacent to an activating group) is 1. The van der Waals surface area contributed by atoms with E-state index in [-0.39, 0.29) is 17.9 Å². The number of hydrogen-bond donors (Lipinski definition) is 1. The third-order valence-electron chi connectivity index (χ3n) is 4.92. The number of likely N-dealkylation sites (tertiary alicyclic amines) is 1. The molecule has 3 heterocycles. The molecule has 8 nitrogen and oxygen atoms in total. The summed E-state index contributed by atoms with van der Waals surface area (Å²) in [6, 6.07) is -0.0397. The van der Waals surface area contributed by atoms with E-state index in [0.717, 1.165) is 25.2 Å². The molecule has 2 aromatic heterocycles. The van der Waals surface area contributed by atoms with Gasteiger partial charge in [-0.1, -0.05) is 13.8 Å². The van der Waals surface area contributed by atoms with Crippen molar-refractivity contribution in [3.8, 4) is 0 Å². The number of amides is 2. The smallest absolute Gasteiger partial charge is 0.257 e. The lowest BCUT2D eigenvalue weighted by Gasteiger charge is -2.30. The molecule has 0 radical (unpaired) electrons. The summed E-state index contributed by atoms with van der Waals surface area (Å²) < 4.78 is 1.66. The second kappa shape index (κ2) is 7.82. The zero-order valence-corrected chi connectivity index (χ0v) is 15.6. The maximum absolute atomic E-state index is 12.6. The van der Waals surface area contributed by atoms with Crippen LogP contribution in [-0.4, -0.2) is 68.9 Å². The van der Waals surface area contributed by atoms with E-state index in [1.54, 1.807) is 28.9 Å². The molecule has 0 aromatic carbocycles. The molecule has 1 atom stereocenters. The number of rotatable bonds is 6. The maximum Gasteiger partial charge on any atom is 0.257 e. The van der Waals surface area contributed by atoms with Gasteiger partial charge < -0.3 is 10.2 Å². The molecular formula is C18H26N6O2. The van der Waals surface area contributed by atoms with Crippen molar-refractivity contribution in [1.29, 1.82) is 0 Å². The van der Waals surface area contributed by atoms with Crippen LogP contribution in [0.25, 0.3) is 5.65 Å². The van der Waals surface area contributed by atoms with Crippen LogP contribution in [0.3, 0.4) is 0 Å². The van der Waals surface area contributed by atoms with Crippen LogP contribution in [-0.2, 0) is 11.3 Å². The molecule has 2 aromatic rings. The number of hydrogen-bond acceptors (Lipinski definition) is 5. The van der Waals surface area contributed by atoms with Crippen molar-refractivity contribution >= 4 is 17.5 Å². The normalized spacial score (nSPS) is 17.9. The van der Waals surface area contributed by atoms with E-state index in [0.29, 0.717) is 30.6 Å². The summed E-state index contributed by atoms with van der Waals surface area (Å²) in [7, 11) is 1.76. The molecule has 0 spiro atoms. The van der Waals surface area contributed by atoms with Crippen LogP contribution in [0.2, 0.25) is 0 Å². The van der Waals surface area contributed by atoms with Crippen molar-refractivity contribution in [2.75, 3.05) is 26.7 Å². The molecule has 1 saturated heterocycles. The highest BCUT2D eigenvalue weighted by atomic mass is 16.2. The number of nitrogens with zero attached hydrogens (tertiary/aromatic N) is 5. The summed E-state index contributed by atoms with van der Waals surface area (Å²) in [5.41, 5.74) is 2.06. The highest BCUT2D eigenvalue weighted by molar-refractivity contribution is 5.99. The van der Waals surface area contributed by atoms with Gasteiger partial charge in [0, 0.05) is 50.6 Å². The van der Waals surface area contributed by atoms with E-state index in [1.807, 2.05) is 6.20 Å². The molecule has 0 aliphatic carbocycles. The molecule has 2 amide bonds. The zero-order chi connectivity index (χ0) is 18.7. The monoisotopic (exact) mass is 358 g/mol. The second-order valence-electron chi connectivity index (χ2n) is 6.73. The SMILES string of the molecule is CCN(CC)Cc1cnc2c(C(=O)N[C@H]3CCC(=O)N(C)C3)cnn2c1. The Labute approximate surface area is 153 Å². The van der Waals surface area contributed by atoms with Crippen LogP contribution < -0.4 is 5.32 Å². The van der Waals surface area contributed by atoms with Gasteiger partial charge in [0.2, 0.25) is 5.91 Å². The number of piperidine rings is 1. The van der Waals surface area contributed by atoms with Gasteiger partial charge in [-0.3, -0.25) is 14.5 Å². The molecule has 26 heavy (non-hydrogen) atoms. The average Bonchev–Trinajstić information content (AvgIpc) is 3.06. The topological polar surface area (TPSA) is 82.8 Å². The van der Waals surface area contributed by atoms with Gasteiger partial charge in [0.05, 0.1) is 6.20 Å². The molecule has 1 fully saturated rings. The first-order chi connectivity index (χ1) is 12.5. The second-order valence-corrected chi connectivity index (χ2v) is 6.73. The van der Waals surface area contributed by atoms with E-state index in [4.69, 9.17) is 0 Å². The molecule has 1 aliphatic rings. The summed E-state index contributed by atoms with van der Waals surface area (Å²) in [5, 5.41) is 7.28. The Morgan fingerprint density at radius 3 is 2.81 bits per heavy atom. The Morgan fingerprint density at radius 2 is 2.12 bits per heavy atom. The minimum atomic E-state index is -0.197. The first-order valence-corrected chi connectivity index (χ1v) is 9.11. The lowest BCUT2D eigenvalue weighted by Crippen LogP contribution is -2.48. The van der Waals surface area contributed by atoms with Crippen molar-refractivity contribution < 1.29 is 9.59 Å². The lowest BCUT2D eigenvalue weighted by molar-refractivity contribution is -0.132. The Bertz CT molecular complexity index is 798. The van der Waals surface area contributed by atoms with Crippen LogP contribution in [0.1, 0.15) is 42.6 Å². The zero-order valence-electron chi connectivity index (χ0n) is 15.6. The minimum absolute atomic E-state index is 0.0397. The quantitative estimate of drug-likeness (QED) is 0.830. The highest BCUT2D eigenvalue weighted by Crippen LogP contribution is 2.13. The van der Waals surface area contributed by atoms with Crippen molar-refractivity contribution in [1.82, 2.24) is 29.7 Å². The first kappa shape index (κ1) is 18.3. The number of fused-ring (bicyclic) bond motifs is 1. The molecule has 1 aliphatic heterocycles. The number of aromatic nitrogens is 3. The van der Waals surface area contributed by atoms with Crippen molar-refractivity contribution in [2.45, 2.75) is 39.3 Å². The summed E-state index contributed by atoms with van der Waals surface area (Å²) in [4.78, 5) is 32.6. The van der Waals surface area contributed by atoms with Gasteiger partial charge in [0.25, 0.3) is 5.91 Å². The summed E-state index contributed by atoms with van der Waals surface area (Å²) in [6.07, 6.45) is 6.40. The van der Waals surface area contributed by atoms with E-state index in [9.17, 15) is 9.59 Å². The van der Waals surface area contributed by atoms with Crippen LogP contribution in [0.4, 0.5) is 0 Å². The summed E-state index contributed by atoms with van der Waals surface area (Å²) in [6.45, 7) is 7.54. The maximum atomic E-state index is 12.6. The van der Waals surface area contributed by atoms with Crippen LogP contribution in [0.5, 0.6) is 0 Å². The van der Waals surface area contributed by atoms with Crippen molar-refractivity contribution in [2.24, 2.45) is 0 Å². The van der Waals surface area contributed by atoms with Gasteiger partial charge in [-0.2, -0.15) is 5.10 Å². The molecule has 0 saturated carbocycles. The first-order valence-electron chi connectivity index (χ1n) is 9.11. The van der Waals surface area contributed by atoms with Crippen molar-refractivity contribution in [3.05, 3.63) is 29.7 Å². The third kappa shape index (κ3) is 3.85. The Morgan fingerprint density at radius 1 is 1.35 bits per heavy atom. The Balaban J connectivity index is 1.72. The van der Waals surface area contributed by atoms with Crippen LogP contribution in [0.15, 0.2) is 18.6 Å². The van der Waals surface area contributed by atoms with E-state index >= 15 is 0 Å². The number of carbonyl (C=O) groups is 2. The van der Waals surface area contributed by atoms with Gasteiger partial charge in [-0.15, -0.1) is 0 Å². The predicted molar refractivity (Wildman–Crippen MR) is 97.7 cm³/mol. The molecule has 0 bridgehead atoms. The van der Waals surface area contributed by atoms with Crippen LogP contribution >= 0.6 is 0 Å². The van der Waals surface area contributed by atoms with Gasteiger partial charge in [-0.25, -0.2) is 9.50 Å². The van der Waals surface area contributed by atoms with E-state index in [2.05, 4.69) is 34.1 Å². The summed E-state index contributed by atoms with van der Waals surface area (Å²) >= 11 is 0. The van der Waals surface area contributed by atoms with Gasteiger partial charge in [-0.05, 0) is 19.5 Å². The molecular weight excluding hydrogens is 332 g/mol. The number of nitrogens with one attached hydrogen (secondary N) is 1. The van der Waals surface area contributed by atoms with E-state index in [1.165, 1.54) is 0 Å². The lowest BCUT2D eigenvalue weighted by atomic mass is 10.1. The molecule has 3 rings (SSSR count). The average molecular weight is 358 g/mol. The molecule has 8 heteroatoms. The third-order valence-corrected chi connectivity index (χ3v) is 4.92. The Hall–Kier alpha value is -2.48. The minimum Gasteiger partial charge on any atom is -0.347 e.